The maximum Gasteiger partial charge on any atom is 0.253 e. The monoisotopic (exact) mass is 444 g/mol. The zero-order valence-electron chi connectivity index (χ0n) is 18.7. The molecule has 1 saturated heterocycles. The second-order valence-electron chi connectivity index (χ2n) is 7.80. The van der Waals surface area contributed by atoms with Gasteiger partial charge < -0.3 is 24.4 Å². The molecular weight excluding hydrogens is 415 g/mol. The molecule has 1 aliphatic rings. The highest BCUT2D eigenvalue weighted by molar-refractivity contribution is 5.94. The number of amides is 2. The molecule has 0 spiro atoms. The number of likely N-dealkylation sites (tertiary alicyclic amines) is 1. The smallest absolute Gasteiger partial charge is 0.253 e. The summed E-state index contributed by atoms with van der Waals surface area (Å²) < 4.78 is 29.3. The van der Waals surface area contributed by atoms with Crippen molar-refractivity contribution >= 4 is 17.5 Å². The van der Waals surface area contributed by atoms with Crippen LogP contribution in [0.15, 0.2) is 36.4 Å². The molecule has 1 heterocycles. The van der Waals surface area contributed by atoms with Crippen molar-refractivity contribution in [2.75, 3.05) is 39.7 Å². The summed E-state index contributed by atoms with van der Waals surface area (Å²) >= 11 is 0. The Morgan fingerprint density at radius 1 is 1.06 bits per heavy atom. The number of carbonyl (C=O) groups is 2. The molecule has 0 bridgehead atoms. The maximum absolute atomic E-state index is 14.0. The van der Waals surface area contributed by atoms with Crippen LogP contribution in [0.1, 0.15) is 36.0 Å². The van der Waals surface area contributed by atoms with E-state index in [1.807, 2.05) is 0 Å². The number of piperidine rings is 1. The zero-order valence-corrected chi connectivity index (χ0v) is 18.7. The molecule has 1 N–H and O–H groups in total. The Kier molecular flexibility index (Phi) is 7.92. The number of hydrogen-bond donors (Lipinski definition) is 1. The largest absolute Gasteiger partial charge is 0.497 e. The molecule has 32 heavy (non-hydrogen) atoms. The molecule has 1 fully saturated rings. The third kappa shape index (κ3) is 5.90. The second kappa shape index (κ2) is 10.8. The van der Waals surface area contributed by atoms with Crippen LogP contribution in [0.5, 0.6) is 17.2 Å². The number of nitrogens with one attached hydrogen (secondary N) is 1. The number of methoxy groups -OCH3 is 3. The molecule has 2 aromatic carbocycles. The van der Waals surface area contributed by atoms with E-state index >= 15 is 0 Å². The van der Waals surface area contributed by atoms with Gasteiger partial charge in [0, 0.05) is 49.0 Å². The summed E-state index contributed by atoms with van der Waals surface area (Å²) in [6.45, 7) is 1.17. The zero-order chi connectivity index (χ0) is 23.1. The maximum atomic E-state index is 14.0. The Morgan fingerprint density at radius 2 is 1.78 bits per heavy atom. The van der Waals surface area contributed by atoms with E-state index in [1.54, 1.807) is 43.4 Å². The van der Waals surface area contributed by atoms with Crippen molar-refractivity contribution in [2.45, 2.75) is 25.7 Å². The van der Waals surface area contributed by atoms with Gasteiger partial charge in [-0.2, -0.15) is 0 Å². The predicted molar refractivity (Wildman–Crippen MR) is 119 cm³/mol. The minimum atomic E-state index is -0.558. The van der Waals surface area contributed by atoms with Crippen molar-refractivity contribution in [1.29, 1.82) is 0 Å². The van der Waals surface area contributed by atoms with Gasteiger partial charge in [0.15, 0.2) is 11.6 Å². The lowest BCUT2D eigenvalue weighted by molar-refractivity contribution is -0.116. The van der Waals surface area contributed by atoms with E-state index in [0.29, 0.717) is 48.7 Å². The first-order valence-corrected chi connectivity index (χ1v) is 10.6. The number of nitrogens with zero attached hydrogens (tertiary/aromatic N) is 1. The molecule has 0 aromatic heterocycles. The van der Waals surface area contributed by atoms with E-state index in [0.717, 1.165) is 12.8 Å². The minimum absolute atomic E-state index is 0.109. The van der Waals surface area contributed by atoms with Crippen LogP contribution in [0.25, 0.3) is 0 Å². The van der Waals surface area contributed by atoms with E-state index < -0.39 is 5.82 Å². The molecule has 0 radical (unpaired) electrons. The van der Waals surface area contributed by atoms with Gasteiger partial charge in [-0.25, -0.2) is 4.39 Å². The Balaban J connectivity index is 1.54. The van der Waals surface area contributed by atoms with Gasteiger partial charge in [0.1, 0.15) is 11.5 Å². The Labute approximate surface area is 187 Å². The molecule has 1 atom stereocenters. The van der Waals surface area contributed by atoms with Crippen LogP contribution in [0.2, 0.25) is 0 Å². The van der Waals surface area contributed by atoms with E-state index in [1.165, 1.54) is 19.2 Å². The molecule has 2 amide bonds. The molecule has 0 aliphatic carbocycles. The molecule has 0 unspecified atom stereocenters. The van der Waals surface area contributed by atoms with Gasteiger partial charge in [-0.1, -0.05) is 0 Å². The van der Waals surface area contributed by atoms with Crippen LogP contribution in [0, 0.1) is 11.7 Å². The van der Waals surface area contributed by atoms with Crippen LogP contribution in [0.4, 0.5) is 10.1 Å². The van der Waals surface area contributed by atoms with E-state index in [2.05, 4.69) is 5.32 Å². The number of rotatable bonds is 8. The van der Waals surface area contributed by atoms with Crippen LogP contribution >= 0.6 is 0 Å². The van der Waals surface area contributed by atoms with Crippen LogP contribution < -0.4 is 19.5 Å². The van der Waals surface area contributed by atoms with Gasteiger partial charge in [0.25, 0.3) is 5.91 Å². The highest BCUT2D eigenvalue weighted by atomic mass is 19.1. The third-order valence-electron chi connectivity index (χ3n) is 5.62. The summed E-state index contributed by atoms with van der Waals surface area (Å²) in [5, 5.41) is 2.87. The molecule has 2 aromatic rings. The number of ether oxygens (including phenoxy) is 3. The van der Waals surface area contributed by atoms with Crippen LogP contribution in [-0.4, -0.2) is 51.1 Å². The number of carbonyl (C=O) groups excluding carboxylic acids is 2. The van der Waals surface area contributed by atoms with Gasteiger partial charge in [0.05, 0.1) is 21.3 Å². The van der Waals surface area contributed by atoms with Gasteiger partial charge in [-0.05, 0) is 43.4 Å². The van der Waals surface area contributed by atoms with Crippen molar-refractivity contribution < 1.29 is 28.2 Å². The van der Waals surface area contributed by atoms with Crippen molar-refractivity contribution in [2.24, 2.45) is 5.92 Å². The summed E-state index contributed by atoms with van der Waals surface area (Å²) in [4.78, 5) is 27.0. The van der Waals surface area contributed by atoms with Gasteiger partial charge in [-0.15, -0.1) is 0 Å². The first-order valence-electron chi connectivity index (χ1n) is 10.6. The van der Waals surface area contributed by atoms with Crippen molar-refractivity contribution in [3.8, 4) is 17.2 Å². The molecule has 0 saturated carbocycles. The number of hydrogen-bond acceptors (Lipinski definition) is 5. The minimum Gasteiger partial charge on any atom is -0.497 e. The lowest BCUT2D eigenvalue weighted by Gasteiger charge is -2.33. The predicted octanol–water partition coefficient (Wildman–Crippen LogP) is 4.12. The fourth-order valence-electron chi connectivity index (χ4n) is 3.91. The van der Waals surface area contributed by atoms with Gasteiger partial charge >= 0.3 is 0 Å². The lowest BCUT2D eigenvalue weighted by Crippen LogP contribution is -2.40. The molecule has 172 valence electrons. The van der Waals surface area contributed by atoms with Gasteiger partial charge in [-0.3, -0.25) is 9.59 Å². The normalized spacial score (nSPS) is 15.8. The highest BCUT2D eigenvalue weighted by Crippen LogP contribution is 2.27. The fourth-order valence-corrected chi connectivity index (χ4v) is 3.91. The Morgan fingerprint density at radius 3 is 2.41 bits per heavy atom. The first kappa shape index (κ1) is 23.4. The second-order valence-corrected chi connectivity index (χ2v) is 7.80. The van der Waals surface area contributed by atoms with Crippen LogP contribution in [0.3, 0.4) is 0 Å². The lowest BCUT2D eigenvalue weighted by atomic mass is 9.92. The molecular formula is C24H29FN2O5. The molecule has 8 heteroatoms. The third-order valence-corrected chi connectivity index (χ3v) is 5.62. The number of anilines is 1. The highest BCUT2D eigenvalue weighted by Gasteiger charge is 2.25. The van der Waals surface area contributed by atoms with Crippen LogP contribution in [-0.2, 0) is 4.79 Å². The number of benzene rings is 2. The SMILES string of the molecule is COc1cc(NC(=O)CC[C@H]2CCCN(C(=O)c3ccc(OC)c(F)c3)C2)cc(OC)c1. The van der Waals surface area contributed by atoms with E-state index in [-0.39, 0.29) is 23.5 Å². The average molecular weight is 445 g/mol. The average Bonchev–Trinajstić information content (AvgIpc) is 2.82. The van der Waals surface area contributed by atoms with Gasteiger partial charge in [0.2, 0.25) is 5.91 Å². The Bertz CT molecular complexity index is 943. The fraction of sp³-hybridized carbons (Fsp3) is 0.417. The summed E-state index contributed by atoms with van der Waals surface area (Å²) in [5.41, 5.74) is 0.904. The summed E-state index contributed by atoms with van der Waals surface area (Å²) in [5.74, 6) is 0.633. The van der Waals surface area contributed by atoms with Crippen molar-refractivity contribution in [3.63, 3.8) is 0 Å². The molecule has 1 aliphatic heterocycles. The molecule has 3 rings (SSSR count). The van der Waals surface area contributed by atoms with Crippen molar-refractivity contribution in [3.05, 3.63) is 47.8 Å². The van der Waals surface area contributed by atoms with Crippen molar-refractivity contribution in [1.82, 2.24) is 4.90 Å². The molecule has 7 nitrogen and oxygen atoms in total. The number of halogens is 1. The quantitative estimate of drug-likeness (QED) is 0.663. The Hall–Kier alpha value is -3.29. The van der Waals surface area contributed by atoms with E-state index in [4.69, 9.17) is 14.2 Å². The summed E-state index contributed by atoms with van der Waals surface area (Å²) in [6, 6.07) is 9.44. The topological polar surface area (TPSA) is 77.1 Å². The summed E-state index contributed by atoms with van der Waals surface area (Å²) in [6.07, 6.45) is 2.79. The summed E-state index contributed by atoms with van der Waals surface area (Å²) in [7, 11) is 4.49. The van der Waals surface area contributed by atoms with E-state index in [9.17, 15) is 14.0 Å². The first-order chi connectivity index (χ1) is 15.4. The standard InChI is InChI=1S/C24H29FN2O5/c1-30-19-12-18(13-20(14-19)31-2)26-23(28)9-6-16-5-4-10-27(15-16)24(29)17-7-8-22(32-3)21(25)11-17/h7-8,11-14,16H,4-6,9-10,15H2,1-3H3,(H,26,28)/t16-/m1/s1.